The van der Waals surface area contributed by atoms with Crippen molar-refractivity contribution >= 4 is 15.7 Å². The van der Waals surface area contributed by atoms with Gasteiger partial charge in [0.1, 0.15) is 17.7 Å². The second-order valence-corrected chi connectivity index (χ2v) is 7.36. The van der Waals surface area contributed by atoms with Crippen molar-refractivity contribution in [3.8, 4) is 12.1 Å². The van der Waals surface area contributed by atoms with E-state index < -0.39 is 10.0 Å². The fraction of sp³-hybridized carbons (Fsp3) is 0.375. The number of piperazine rings is 1. The van der Waals surface area contributed by atoms with E-state index in [1.54, 1.807) is 24.3 Å². The van der Waals surface area contributed by atoms with Crippen molar-refractivity contribution in [3.63, 3.8) is 0 Å². The molecule has 0 bridgehead atoms. The number of benzene rings is 1. The maximum atomic E-state index is 12.7. The lowest BCUT2D eigenvalue weighted by atomic mass is 10.3. The van der Waals surface area contributed by atoms with E-state index >= 15 is 0 Å². The number of hydrogen-bond donors (Lipinski definition) is 2. The molecule has 1 saturated heterocycles. The van der Waals surface area contributed by atoms with Gasteiger partial charge in [-0.2, -0.15) is 14.8 Å². The standard InChI is InChI=1S/C16H19N5O3S/c17-11-14(12-18)13-19-15-1-3-16(4-2-15)25(23,24)21-7-5-20(6-8-21)9-10-22/h1-4,13,19,22H,5-10H2. The first-order valence-electron chi connectivity index (χ1n) is 7.71. The summed E-state index contributed by atoms with van der Waals surface area (Å²) in [6, 6.07) is 9.60. The number of aliphatic hydroxyl groups is 1. The molecule has 132 valence electrons. The first-order chi connectivity index (χ1) is 12.0. The minimum atomic E-state index is -3.56. The second-order valence-electron chi connectivity index (χ2n) is 5.42. The van der Waals surface area contributed by atoms with E-state index in [0.29, 0.717) is 38.4 Å². The number of nitrogens with zero attached hydrogens (tertiary/aromatic N) is 4. The van der Waals surface area contributed by atoms with Gasteiger partial charge < -0.3 is 10.4 Å². The number of nitriles is 2. The van der Waals surface area contributed by atoms with Gasteiger partial charge in [-0.15, -0.1) is 0 Å². The number of hydrogen-bond acceptors (Lipinski definition) is 7. The third kappa shape index (κ3) is 4.78. The Balaban J connectivity index is 2.05. The molecule has 0 atom stereocenters. The van der Waals surface area contributed by atoms with Crippen LogP contribution in [0.4, 0.5) is 5.69 Å². The van der Waals surface area contributed by atoms with Crippen molar-refractivity contribution < 1.29 is 13.5 Å². The van der Waals surface area contributed by atoms with E-state index in [1.165, 1.54) is 22.6 Å². The molecule has 0 amide bonds. The van der Waals surface area contributed by atoms with Gasteiger partial charge in [0.25, 0.3) is 0 Å². The van der Waals surface area contributed by atoms with Gasteiger partial charge >= 0.3 is 0 Å². The summed E-state index contributed by atoms with van der Waals surface area (Å²) in [6.45, 7) is 2.58. The molecule has 1 aliphatic heterocycles. The van der Waals surface area contributed by atoms with Gasteiger partial charge in [-0.25, -0.2) is 8.42 Å². The molecule has 8 nitrogen and oxygen atoms in total. The maximum absolute atomic E-state index is 12.7. The van der Waals surface area contributed by atoms with E-state index in [-0.39, 0.29) is 17.1 Å². The zero-order valence-electron chi connectivity index (χ0n) is 13.6. The predicted octanol–water partition coefficient (Wildman–Crippen LogP) is 0.328. The van der Waals surface area contributed by atoms with Crippen LogP contribution in [0.15, 0.2) is 40.9 Å². The number of rotatable bonds is 6. The summed E-state index contributed by atoms with van der Waals surface area (Å²) in [5.74, 6) is 0. The number of aliphatic hydroxyl groups excluding tert-OH is 1. The molecule has 25 heavy (non-hydrogen) atoms. The highest BCUT2D eigenvalue weighted by atomic mass is 32.2. The predicted molar refractivity (Wildman–Crippen MR) is 91.7 cm³/mol. The Labute approximate surface area is 147 Å². The first kappa shape index (κ1) is 18.9. The molecule has 2 N–H and O–H groups in total. The molecule has 1 aromatic rings. The molecule has 0 saturated carbocycles. The van der Waals surface area contributed by atoms with Crippen LogP contribution in [0, 0.1) is 22.7 Å². The van der Waals surface area contributed by atoms with Crippen LogP contribution in [0.25, 0.3) is 0 Å². The zero-order valence-corrected chi connectivity index (χ0v) is 14.4. The van der Waals surface area contributed by atoms with Crippen LogP contribution in [0.5, 0.6) is 0 Å². The van der Waals surface area contributed by atoms with Gasteiger partial charge in [-0.1, -0.05) is 0 Å². The van der Waals surface area contributed by atoms with Crippen molar-refractivity contribution in [2.24, 2.45) is 0 Å². The van der Waals surface area contributed by atoms with Gasteiger partial charge in [0.05, 0.1) is 11.5 Å². The van der Waals surface area contributed by atoms with Gasteiger partial charge in [0.2, 0.25) is 10.0 Å². The highest BCUT2D eigenvalue weighted by Crippen LogP contribution is 2.20. The van der Waals surface area contributed by atoms with Crippen LogP contribution in [0.2, 0.25) is 0 Å². The van der Waals surface area contributed by atoms with E-state index in [0.717, 1.165) is 0 Å². The van der Waals surface area contributed by atoms with Crippen LogP contribution in [-0.4, -0.2) is 62.1 Å². The van der Waals surface area contributed by atoms with E-state index in [9.17, 15) is 8.42 Å². The average Bonchev–Trinajstić information content (AvgIpc) is 2.64. The molecular weight excluding hydrogens is 342 g/mol. The second kappa shape index (κ2) is 8.60. The molecule has 0 aromatic heterocycles. The highest BCUT2D eigenvalue weighted by molar-refractivity contribution is 7.89. The Hall–Kier alpha value is -2.43. The van der Waals surface area contributed by atoms with Crippen LogP contribution in [0.1, 0.15) is 0 Å². The zero-order chi connectivity index (χ0) is 18.3. The molecule has 0 spiro atoms. The van der Waals surface area contributed by atoms with Crippen LogP contribution in [0.3, 0.4) is 0 Å². The fourth-order valence-electron chi connectivity index (χ4n) is 2.45. The molecule has 1 aromatic carbocycles. The third-order valence-corrected chi connectivity index (χ3v) is 5.78. The Bertz CT molecular complexity index is 782. The Kier molecular flexibility index (Phi) is 6.51. The lowest BCUT2D eigenvalue weighted by Crippen LogP contribution is -2.49. The lowest BCUT2D eigenvalue weighted by molar-refractivity contribution is 0.151. The lowest BCUT2D eigenvalue weighted by Gasteiger charge is -2.33. The SMILES string of the molecule is N#CC(C#N)=CNc1ccc(S(=O)(=O)N2CCN(CCO)CC2)cc1. The molecule has 2 rings (SSSR count). The quantitative estimate of drug-likeness (QED) is 0.700. The molecule has 0 unspecified atom stereocenters. The largest absolute Gasteiger partial charge is 0.395 e. The van der Waals surface area contributed by atoms with Crippen molar-refractivity contribution in [1.82, 2.24) is 9.21 Å². The summed E-state index contributed by atoms with van der Waals surface area (Å²) >= 11 is 0. The van der Waals surface area contributed by atoms with Crippen molar-refractivity contribution in [3.05, 3.63) is 36.0 Å². The summed E-state index contributed by atoms with van der Waals surface area (Å²) in [6.07, 6.45) is 1.27. The van der Waals surface area contributed by atoms with Crippen LogP contribution >= 0.6 is 0 Å². The number of β-amino-alcohol motifs (C(OH)–C–C–N with tert-alkyl or cyclic N) is 1. The van der Waals surface area contributed by atoms with Gasteiger partial charge in [-0.05, 0) is 24.3 Å². The average molecular weight is 361 g/mol. The summed E-state index contributed by atoms with van der Waals surface area (Å²) in [5, 5.41) is 29.1. The number of allylic oxidation sites excluding steroid dienone is 1. The summed E-state index contributed by atoms with van der Waals surface area (Å²) in [5.41, 5.74) is 0.507. The molecule has 1 fully saturated rings. The fourth-order valence-corrected chi connectivity index (χ4v) is 3.87. The Morgan fingerprint density at radius 3 is 2.28 bits per heavy atom. The van der Waals surface area contributed by atoms with Crippen molar-refractivity contribution in [1.29, 1.82) is 10.5 Å². The maximum Gasteiger partial charge on any atom is 0.243 e. The topological polar surface area (TPSA) is 120 Å². The molecule has 1 aliphatic rings. The Morgan fingerprint density at radius 2 is 1.76 bits per heavy atom. The summed E-state index contributed by atoms with van der Waals surface area (Å²) in [4.78, 5) is 2.21. The summed E-state index contributed by atoms with van der Waals surface area (Å²) < 4.78 is 26.8. The van der Waals surface area contributed by atoms with Gasteiger partial charge in [-0.3, -0.25) is 4.90 Å². The molecule has 1 heterocycles. The van der Waals surface area contributed by atoms with Gasteiger partial charge in [0, 0.05) is 44.6 Å². The van der Waals surface area contributed by atoms with Crippen LogP contribution in [-0.2, 0) is 10.0 Å². The van der Waals surface area contributed by atoms with Crippen molar-refractivity contribution in [2.75, 3.05) is 44.6 Å². The van der Waals surface area contributed by atoms with E-state index in [4.69, 9.17) is 15.6 Å². The smallest absolute Gasteiger partial charge is 0.243 e. The molecule has 0 radical (unpaired) electrons. The number of sulfonamides is 1. The normalized spacial score (nSPS) is 15.8. The monoisotopic (exact) mass is 361 g/mol. The highest BCUT2D eigenvalue weighted by Gasteiger charge is 2.28. The molecule has 0 aliphatic carbocycles. The van der Waals surface area contributed by atoms with Crippen LogP contribution < -0.4 is 5.32 Å². The minimum Gasteiger partial charge on any atom is -0.395 e. The molecule has 9 heteroatoms. The van der Waals surface area contributed by atoms with E-state index in [1.807, 2.05) is 4.90 Å². The van der Waals surface area contributed by atoms with Crippen molar-refractivity contribution in [2.45, 2.75) is 4.90 Å². The van der Waals surface area contributed by atoms with E-state index in [2.05, 4.69) is 5.32 Å². The number of anilines is 1. The minimum absolute atomic E-state index is 0.0645. The Morgan fingerprint density at radius 1 is 1.16 bits per heavy atom. The summed E-state index contributed by atoms with van der Waals surface area (Å²) in [7, 11) is -3.56. The first-order valence-corrected chi connectivity index (χ1v) is 9.15. The molecular formula is C16H19N5O3S. The number of nitrogens with one attached hydrogen (secondary N) is 1. The van der Waals surface area contributed by atoms with Gasteiger partial charge in [0.15, 0.2) is 0 Å². The third-order valence-electron chi connectivity index (χ3n) is 3.86.